The normalized spacial score (nSPS) is 20.1. The number of rotatable bonds is 5. The van der Waals surface area contributed by atoms with Gasteiger partial charge in [0, 0.05) is 6.42 Å². The van der Waals surface area contributed by atoms with E-state index in [1.807, 2.05) is 43.4 Å². The van der Waals surface area contributed by atoms with E-state index in [1.165, 1.54) is 0 Å². The second-order valence-electron chi connectivity index (χ2n) is 4.65. The van der Waals surface area contributed by atoms with E-state index >= 15 is 0 Å². The van der Waals surface area contributed by atoms with Gasteiger partial charge in [-0.05, 0) is 37.8 Å². The van der Waals surface area contributed by atoms with Crippen LogP contribution in [0.15, 0.2) is 59.3 Å². The zero-order valence-corrected chi connectivity index (χ0v) is 11.6. The molecule has 0 aliphatic heterocycles. The molecule has 0 heterocycles. The van der Waals surface area contributed by atoms with Gasteiger partial charge in [-0.3, -0.25) is 9.59 Å². The lowest BCUT2D eigenvalue weighted by Crippen LogP contribution is -1.89. The topological polar surface area (TPSA) is 34.1 Å². The molecule has 2 heteroatoms. The number of ketones is 1. The van der Waals surface area contributed by atoms with Crippen molar-refractivity contribution in [2.75, 3.05) is 0 Å². The molecule has 0 aromatic heterocycles. The zero-order valence-electron chi connectivity index (χ0n) is 11.6. The standard InChI is InChI=1S/C17H20O2/c1-14(7-3-4-8-15(2)13-18)9-5-10-16-11-6-12-17(16)19/h3-5,7-10,13H,6,11-12H2,1-2H3/b4-3+,9-5+,14-7-,15-8-,16-10+. The number of hydrogen-bond acceptors (Lipinski definition) is 2. The van der Waals surface area contributed by atoms with Crippen molar-refractivity contribution in [3.8, 4) is 0 Å². The molecule has 0 saturated heterocycles. The minimum Gasteiger partial charge on any atom is -0.298 e. The van der Waals surface area contributed by atoms with Crippen molar-refractivity contribution in [3.05, 3.63) is 59.3 Å². The second-order valence-corrected chi connectivity index (χ2v) is 4.65. The summed E-state index contributed by atoms with van der Waals surface area (Å²) in [6.45, 7) is 3.75. The number of aldehydes is 1. The average molecular weight is 256 g/mol. The first-order valence-electron chi connectivity index (χ1n) is 6.51. The Labute approximate surface area is 114 Å². The molecule has 1 aliphatic rings. The van der Waals surface area contributed by atoms with Gasteiger partial charge in [-0.25, -0.2) is 0 Å². The number of carbonyl (C=O) groups is 2. The lowest BCUT2D eigenvalue weighted by molar-refractivity contribution is -0.114. The summed E-state index contributed by atoms with van der Waals surface area (Å²) >= 11 is 0. The fourth-order valence-corrected chi connectivity index (χ4v) is 1.74. The van der Waals surface area contributed by atoms with E-state index in [2.05, 4.69) is 0 Å². The van der Waals surface area contributed by atoms with E-state index in [9.17, 15) is 9.59 Å². The first kappa shape index (κ1) is 15.1. The molecule has 1 fully saturated rings. The van der Waals surface area contributed by atoms with Crippen LogP contribution in [0.3, 0.4) is 0 Å². The Morgan fingerprint density at radius 3 is 2.26 bits per heavy atom. The van der Waals surface area contributed by atoms with Crippen LogP contribution in [0.1, 0.15) is 33.1 Å². The maximum atomic E-state index is 11.4. The molecule has 0 unspecified atom stereocenters. The van der Waals surface area contributed by atoms with E-state index in [4.69, 9.17) is 0 Å². The summed E-state index contributed by atoms with van der Waals surface area (Å²) in [7, 11) is 0. The smallest absolute Gasteiger partial charge is 0.158 e. The van der Waals surface area contributed by atoms with Gasteiger partial charge >= 0.3 is 0 Å². The van der Waals surface area contributed by atoms with Gasteiger partial charge in [-0.2, -0.15) is 0 Å². The molecule has 0 atom stereocenters. The predicted molar refractivity (Wildman–Crippen MR) is 78.8 cm³/mol. The van der Waals surface area contributed by atoms with Crippen molar-refractivity contribution in [2.24, 2.45) is 0 Å². The monoisotopic (exact) mass is 256 g/mol. The van der Waals surface area contributed by atoms with Gasteiger partial charge in [0.05, 0.1) is 0 Å². The van der Waals surface area contributed by atoms with Gasteiger partial charge in [0.2, 0.25) is 0 Å². The van der Waals surface area contributed by atoms with Gasteiger partial charge in [0.15, 0.2) is 5.78 Å². The van der Waals surface area contributed by atoms with Crippen molar-refractivity contribution in [3.63, 3.8) is 0 Å². The highest BCUT2D eigenvalue weighted by Gasteiger charge is 2.15. The molecule has 1 saturated carbocycles. The fourth-order valence-electron chi connectivity index (χ4n) is 1.74. The van der Waals surface area contributed by atoms with Crippen LogP contribution >= 0.6 is 0 Å². The molecule has 0 aromatic carbocycles. The largest absolute Gasteiger partial charge is 0.298 e. The van der Waals surface area contributed by atoms with E-state index in [0.29, 0.717) is 12.0 Å². The summed E-state index contributed by atoms with van der Waals surface area (Å²) in [5.41, 5.74) is 2.72. The van der Waals surface area contributed by atoms with E-state index in [0.717, 1.165) is 30.3 Å². The van der Waals surface area contributed by atoms with Gasteiger partial charge in [0.25, 0.3) is 0 Å². The first-order valence-corrected chi connectivity index (χ1v) is 6.51. The van der Waals surface area contributed by atoms with Crippen LogP contribution < -0.4 is 0 Å². The Bertz CT molecular complexity index is 485. The van der Waals surface area contributed by atoms with Gasteiger partial charge in [0.1, 0.15) is 6.29 Å². The number of carbonyl (C=O) groups excluding carboxylic acids is 2. The van der Waals surface area contributed by atoms with Crippen molar-refractivity contribution in [1.29, 1.82) is 0 Å². The highest BCUT2D eigenvalue weighted by atomic mass is 16.1. The summed E-state index contributed by atoms with van der Waals surface area (Å²) in [5.74, 6) is 0.278. The van der Waals surface area contributed by atoms with Crippen molar-refractivity contribution < 1.29 is 9.59 Å². The molecule has 2 nitrogen and oxygen atoms in total. The molecule has 0 radical (unpaired) electrons. The van der Waals surface area contributed by atoms with Crippen LogP contribution in [0.25, 0.3) is 0 Å². The summed E-state index contributed by atoms with van der Waals surface area (Å²) in [4.78, 5) is 21.8. The minimum absolute atomic E-state index is 0.278. The molecule has 0 aromatic rings. The third-order valence-electron chi connectivity index (χ3n) is 2.88. The highest BCUT2D eigenvalue weighted by Crippen LogP contribution is 2.20. The Morgan fingerprint density at radius 1 is 1.00 bits per heavy atom. The van der Waals surface area contributed by atoms with E-state index < -0.39 is 0 Å². The van der Waals surface area contributed by atoms with Crippen molar-refractivity contribution in [2.45, 2.75) is 33.1 Å². The average Bonchev–Trinajstić information content (AvgIpc) is 2.80. The van der Waals surface area contributed by atoms with Gasteiger partial charge < -0.3 is 0 Å². The summed E-state index contributed by atoms with van der Waals surface area (Å²) < 4.78 is 0. The van der Waals surface area contributed by atoms with Crippen molar-refractivity contribution >= 4 is 12.1 Å². The lowest BCUT2D eigenvalue weighted by Gasteiger charge is -1.90. The summed E-state index contributed by atoms with van der Waals surface area (Å²) in [6, 6.07) is 0. The molecule has 1 aliphatic carbocycles. The van der Waals surface area contributed by atoms with Crippen LogP contribution in [0.4, 0.5) is 0 Å². The molecule has 1 rings (SSSR count). The third-order valence-corrected chi connectivity index (χ3v) is 2.88. The maximum Gasteiger partial charge on any atom is 0.158 e. The fraction of sp³-hybridized carbons (Fsp3) is 0.294. The molecule has 0 spiro atoms. The summed E-state index contributed by atoms with van der Waals surface area (Å²) in [5, 5.41) is 0. The van der Waals surface area contributed by atoms with Crippen LogP contribution in [-0.2, 0) is 9.59 Å². The molecule has 19 heavy (non-hydrogen) atoms. The van der Waals surface area contributed by atoms with Crippen LogP contribution in [0.2, 0.25) is 0 Å². The first-order chi connectivity index (χ1) is 9.13. The molecular formula is C17H20O2. The third kappa shape index (κ3) is 5.96. The SMILES string of the molecule is C/C(C=O)=C/C=C/C=C(C)\C=C\C=C1/CCCC1=O. The number of allylic oxidation sites excluding steroid dienone is 10. The van der Waals surface area contributed by atoms with Gasteiger partial charge in [-0.1, -0.05) is 48.1 Å². The quantitative estimate of drug-likeness (QED) is 0.425. The number of hydrogen-bond donors (Lipinski definition) is 0. The predicted octanol–water partition coefficient (Wildman–Crippen LogP) is 3.87. The zero-order chi connectivity index (χ0) is 14.1. The van der Waals surface area contributed by atoms with Crippen molar-refractivity contribution in [1.82, 2.24) is 0 Å². The molecular weight excluding hydrogens is 236 g/mol. The maximum absolute atomic E-state index is 11.4. The molecule has 0 bridgehead atoms. The number of Topliss-reactive ketones (excluding diaryl/α,β-unsaturated/α-hetero) is 1. The molecule has 0 amide bonds. The Morgan fingerprint density at radius 2 is 1.68 bits per heavy atom. The van der Waals surface area contributed by atoms with E-state index in [-0.39, 0.29) is 5.78 Å². The Balaban J connectivity index is 2.52. The van der Waals surface area contributed by atoms with E-state index in [1.54, 1.807) is 13.0 Å². The van der Waals surface area contributed by atoms with Crippen LogP contribution in [0.5, 0.6) is 0 Å². The lowest BCUT2D eigenvalue weighted by atomic mass is 10.2. The molecule has 100 valence electrons. The minimum atomic E-state index is 0.278. The second kappa shape index (κ2) is 8.20. The van der Waals surface area contributed by atoms with Crippen LogP contribution in [-0.4, -0.2) is 12.1 Å². The Hall–Kier alpha value is -1.96. The molecule has 0 N–H and O–H groups in total. The van der Waals surface area contributed by atoms with Gasteiger partial charge in [-0.15, -0.1) is 0 Å². The Kier molecular flexibility index (Phi) is 6.51. The van der Waals surface area contributed by atoms with Crippen LogP contribution in [0, 0.1) is 0 Å². The highest BCUT2D eigenvalue weighted by molar-refractivity contribution is 5.97. The summed E-state index contributed by atoms with van der Waals surface area (Å²) in [6.07, 6.45) is 16.7.